The molecule has 0 saturated carbocycles. The zero-order chi connectivity index (χ0) is 17.6. The van der Waals surface area contributed by atoms with Gasteiger partial charge in [0.1, 0.15) is 5.75 Å². The Morgan fingerprint density at radius 2 is 2.08 bits per heavy atom. The Labute approximate surface area is 148 Å². The molecule has 0 aromatic heterocycles. The maximum absolute atomic E-state index is 12.6. The van der Waals surface area contributed by atoms with Gasteiger partial charge in [0.2, 0.25) is 5.91 Å². The van der Waals surface area contributed by atoms with Gasteiger partial charge in [-0.05, 0) is 41.3 Å². The van der Waals surface area contributed by atoms with Crippen molar-refractivity contribution >= 4 is 12.0 Å². The lowest BCUT2D eigenvalue weighted by molar-refractivity contribution is -0.127. The number of hydrogen-bond acceptors (Lipinski definition) is 3. The molecule has 0 saturated heterocycles. The molecule has 4 nitrogen and oxygen atoms in total. The minimum Gasteiger partial charge on any atom is -0.493 e. The topological polar surface area (TPSA) is 49.8 Å². The molecule has 1 atom stereocenters. The molecule has 130 valence electrons. The third-order valence-electron chi connectivity index (χ3n) is 4.53. The second-order valence-corrected chi connectivity index (χ2v) is 6.19. The standard InChI is InChI=1S/C21H23NO3/c1-22(19(11-13-23)17-5-3-2-4-6-17)21(24)10-8-16-7-9-20-18(15-16)12-14-25-20/h2-10,15,19,23H,11-14H2,1H3/b10-8+. The average molecular weight is 337 g/mol. The number of carbonyl (C=O) groups excluding carboxylic acids is 1. The summed E-state index contributed by atoms with van der Waals surface area (Å²) in [6.45, 7) is 0.760. The van der Waals surface area contributed by atoms with Crippen molar-refractivity contribution in [2.45, 2.75) is 18.9 Å². The van der Waals surface area contributed by atoms with Crippen LogP contribution in [0.3, 0.4) is 0 Å². The monoisotopic (exact) mass is 337 g/mol. The number of carbonyl (C=O) groups is 1. The summed E-state index contributed by atoms with van der Waals surface area (Å²) in [5.74, 6) is 0.853. The number of amides is 1. The smallest absolute Gasteiger partial charge is 0.246 e. The molecule has 0 bridgehead atoms. The first-order valence-electron chi connectivity index (χ1n) is 8.55. The van der Waals surface area contributed by atoms with Crippen molar-refractivity contribution in [3.63, 3.8) is 0 Å². The number of hydrogen-bond donors (Lipinski definition) is 1. The van der Waals surface area contributed by atoms with Gasteiger partial charge in [-0.1, -0.05) is 36.4 Å². The van der Waals surface area contributed by atoms with Gasteiger partial charge in [0, 0.05) is 26.2 Å². The fourth-order valence-corrected chi connectivity index (χ4v) is 3.13. The average Bonchev–Trinajstić information content (AvgIpc) is 3.12. The zero-order valence-corrected chi connectivity index (χ0v) is 14.4. The molecule has 4 heteroatoms. The highest BCUT2D eigenvalue weighted by Crippen LogP contribution is 2.27. The Kier molecular flexibility index (Phi) is 5.51. The molecule has 1 aliphatic rings. The minimum atomic E-state index is -0.142. The third kappa shape index (κ3) is 4.09. The van der Waals surface area contributed by atoms with Gasteiger partial charge < -0.3 is 14.7 Å². The summed E-state index contributed by atoms with van der Waals surface area (Å²) < 4.78 is 5.50. The van der Waals surface area contributed by atoms with Crippen molar-refractivity contribution < 1.29 is 14.6 Å². The lowest BCUT2D eigenvalue weighted by Crippen LogP contribution is -2.30. The highest BCUT2D eigenvalue weighted by Gasteiger charge is 2.19. The Morgan fingerprint density at radius 1 is 1.28 bits per heavy atom. The highest BCUT2D eigenvalue weighted by atomic mass is 16.5. The molecule has 0 aliphatic carbocycles. The molecular formula is C21H23NO3. The molecule has 2 aromatic rings. The number of aliphatic hydroxyl groups excluding tert-OH is 1. The van der Waals surface area contributed by atoms with E-state index < -0.39 is 0 Å². The molecule has 1 unspecified atom stereocenters. The first-order valence-corrected chi connectivity index (χ1v) is 8.55. The van der Waals surface area contributed by atoms with E-state index in [-0.39, 0.29) is 18.6 Å². The maximum Gasteiger partial charge on any atom is 0.246 e. The Morgan fingerprint density at radius 3 is 2.84 bits per heavy atom. The SMILES string of the molecule is CN(C(=O)/C=C/c1ccc2c(c1)CCO2)C(CCO)c1ccccc1. The van der Waals surface area contributed by atoms with Crippen molar-refractivity contribution in [3.05, 3.63) is 71.3 Å². The van der Waals surface area contributed by atoms with Gasteiger partial charge in [-0.25, -0.2) is 0 Å². The normalized spacial score (nSPS) is 14.2. The molecule has 0 spiro atoms. The van der Waals surface area contributed by atoms with Crippen molar-refractivity contribution in [2.24, 2.45) is 0 Å². The van der Waals surface area contributed by atoms with E-state index in [1.54, 1.807) is 18.0 Å². The van der Waals surface area contributed by atoms with Gasteiger partial charge >= 0.3 is 0 Å². The van der Waals surface area contributed by atoms with E-state index in [2.05, 4.69) is 6.07 Å². The van der Waals surface area contributed by atoms with Crippen molar-refractivity contribution in [2.75, 3.05) is 20.3 Å². The van der Waals surface area contributed by atoms with Crippen LogP contribution in [0.1, 0.15) is 29.2 Å². The predicted molar refractivity (Wildman–Crippen MR) is 98.3 cm³/mol. The second kappa shape index (κ2) is 7.99. The lowest BCUT2D eigenvalue weighted by Gasteiger charge is -2.27. The summed E-state index contributed by atoms with van der Waals surface area (Å²) >= 11 is 0. The molecule has 3 rings (SSSR count). The number of nitrogens with zero attached hydrogens (tertiary/aromatic N) is 1. The van der Waals surface area contributed by atoms with Crippen molar-refractivity contribution in [3.8, 4) is 5.75 Å². The molecule has 25 heavy (non-hydrogen) atoms. The van der Waals surface area contributed by atoms with E-state index in [1.165, 1.54) is 5.56 Å². The van der Waals surface area contributed by atoms with Crippen molar-refractivity contribution in [1.29, 1.82) is 0 Å². The van der Waals surface area contributed by atoms with E-state index in [4.69, 9.17) is 4.74 Å². The highest BCUT2D eigenvalue weighted by molar-refractivity contribution is 5.92. The van der Waals surface area contributed by atoms with Crippen LogP contribution in [0.5, 0.6) is 5.75 Å². The van der Waals surface area contributed by atoms with Crippen molar-refractivity contribution in [1.82, 2.24) is 4.90 Å². The molecule has 2 aromatic carbocycles. The maximum atomic E-state index is 12.6. The van der Waals surface area contributed by atoms with Crippen LogP contribution < -0.4 is 4.74 Å². The van der Waals surface area contributed by atoms with E-state index in [9.17, 15) is 9.90 Å². The van der Waals surface area contributed by atoms with Gasteiger partial charge in [0.25, 0.3) is 0 Å². The fraction of sp³-hybridized carbons (Fsp3) is 0.286. The van der Waals surface area contributed by atoms with E-state index in [0.29, 0.717) is 6.42 Å². The van der Waals surface area contributed by atoms with E-state index in [0.717, 1.165) is 29.9 Å². The third-order valence-corrected chi connectivity index (χ3v) is 4.53. The van der Waals surface area contributed by atoms with Gasteiger partial charge in [-0.2, -0.15) is 0 Å². The van der Waals surface area contributed by atoms with Gasteiger partial charge in [0.15, 0.2) is 0 Å². The van der Waals surface area contributed by atoms with E-state index >= 15 is 0 Å². The molecule has 1 aliphatic heterocycles. The fourth-order valence-electron chi connectivity index (χ4n) is 3.13. The Balaban J connectivity index is 1.72. The van der Waals surface area contributed by atoms with Gasteiger partial charge in [-0.15, -0.1) is 0 Å². The second-order valence-electron chi connectivity index (χ2n) is 6.19. The first kappa shape index (κ1) is 17.2. The molecule has 1 heterocycles. The summed E-state index contributed by atoms with van der Waals surface area (Å²) in [6, 6.07) is 15.6. The summed E-state index contributed by atoms with van der Waals surface area (Å²) in [6.07, 6.45) is 4.84. The van der Waals surface area contributed by atoms with E-state index in [1.807, 2.05) is 48.5 Å². The number of fused-ring (bicyclic) bond motifs is 1. The summed E-state index contributed by atoms with van der Waals surface area (Å²) in [4.78, 5) is 14.3. The first-order chi connectivity index (χ1) is 12.2. The Hall–Kier alpha value is -2.59. The summed E-state index contributed by atoms with van der Waals surface area (Å²) in [7, 11) is 1.77. The zero-order valence-electron chi connectivity index (χ0n) is 14.4. The summed E-state index contributed by atoms with van der Waals surface area (Å²) in [5.41, 5.74) is 3.20. The number of likely N-dealkylation sites (N-methyl/N-ethyl adjacent to an activating group) is 1. The van der Waals surface area contributed by atoms with Crippen LogP contribution in [-0.4, -0.2) is 36.2 Å². The van der Waals surface area contributed by atoms with Crippen LogP contribution in [0.2, 0.25) is 0 Å². The van der Waals surface area contributed by atoms with Crippen LogP contribution in [-0.2, 0) is 11.2 Å². The van der Waals surface area contributed by atoms with Crippen LogP contribution in [0.4, 0.5) is 0 Å². The van der Waals surface area contributed by atoms with Crippen LogP contribution in [0, 0.1) is 0 Å². The lowest BCUT2D eigenvalue weighted by atomic mass is 10.0. The Bertz CT molecular complexity index is 755. The van der Waals surface area contributed by atoms with Crippen LogP contribution >= 0.6 is 0 Å². The van der Waals surface area contributed by atoms with Gasteiger partial charge in [0.05, 0.1) is 12.6 Å². The number of rotatable bonds is 6. The largest absolute Gasteiger partial charge is 0.493 e. The molecule has 0 radical (unpaired) electrons. The number of aliphatic hydroxyl groups is 1. The van der Waals surface area contributed by atoms with Crippen LogP contribution in [0.15, 0.2) is 54.6 Å². The van der Waals surface area contributed by atoms with Crippen LogP contribution in [0.25, 0.3) is 6.08 Å². The molecule has 1 N–H and O–H groups in total. The number of benzene rings is 2. The quantitative estimate of drug-likeness (QED) is 0.824. The molecule has 1 amide bonds. The molecule has 0 fully saturated rings. The minimum absolute atomic E-state index is 0.0334. The molecular weight excluding hydrogens is 314 g/mol. The number of ether oxygens (including phenoxy) is 1. The predicted octanol–water partition coefficient (Wildman–Crippen LogP) is 3.22. The summed E-state index contributed by atoms with van der Waals surface area (Å²) in [5, 5.41) is 9.36. The van der Waals surface area contributed by atoms with Gasteiger partial charge in [-0.3, -0.25) is 4.79 Å².